The maximum Gasteiger partial charge on any atom is 0.231 e. The summed E-state index contributed by atoms with van der Waals surface area (Å²) in [6, 6.07) is 3.87. The van der Waals surface area contributed by atoms with Crippen molar-refractivity contribution in [3.05, 3.63) is 23.3 Å². The molecule has 0 radical (unpaired) electrons. The Balaban J connectivity index is 2.14. The fourth-order valence-corrected chi connectivity index (χ4v) is 4.42. The number of ether oxygens (including phenoxy) is 6. The highest BCUT2D eigenvalue weighted by Gasteiger charge is 2.38. The van der Waals surface area contributed by atoms with Crippen LogP contribution in [-0.4, -0.2) is 45.9 Å². The first-order valence-electron chi connectivity index (χ1n) is 9.90. The lowest BCUT2D eigenvalue weighted by Crippen LogP contribution is -2.37. The molecule has 4 rings (SSSR count). The molecule has 0 spiro atoms. The van der Waals surface area contributed by atoms with Gasteiger partial charge in [0.05, 0.1) is 34.0 Å². The minimum absolute atomic E-state index is 0.0244. The first kappa shape index (κ1) is 20.5. The Morgan fingerprint density at radius 1 is 0.900 bits per heavy atom. The van der Waals surface area contributed by atoms with E-state index >= 15 is 0 Å². The molecule has 0 aromatic heterocycles. The zero-order chi connectivity index (χ0) is 21.6. The van der Waals surface area contributed by atoms with Crippen LogP contribution in [0.25, 0.3) is 11.1 Å². The van der Waals surface area contributed by atoms with Gasteiger partial charge in [-0.2, -0.15) is 0 Å². The van der Waals surface area contributed by atoms with Gasteiger partial charge in [-0.25, -0.2) is 0 Å². The van der Waals surface area contributed by atoms with Crippen LogP contribution in [0.1, 0.15) is 25.0 Å². The van der Waals surface area contributed by atoms with Gasteiger partial charge in [0.1, 0.15) is 0 Å². The van der Waals surface area contributed by atoms with Gasteiger partial charge in [-0.1, -0.05) is 6.92 Å². The molecule has 162 valence electrons. The van der Waals surface area contributed by atoms with Crippen LogP contribution in [0, 0.1) is 5.92 Å². The highest BCUT2D eigenvalue weighted by molar-refractivity contribution is 5.88. The molecule has 30 heavy (non-hydrogen) atoms. The third kappa shape index (κ3) is 2.99. The number of rotatable bonds is 4. The summed E-state index contributed by atoms with van der Waals surface area (Å²) in [5.74, 6) is 3.31. The zero-order valence-corrected chi connectivity index (χ0v) is 18.3. The SMILES string of the molecule is COc1cc2c(c(OC)c1OC)-c1c(cc3c(c1OC)OCO3)CC(C)(O)C(C)C2. The molecule has 7 nitrogen and oxygen atoms in total. The maximum atomic E-state index is 11.3. The van der Waals surface area contributed by atoms with Gasteiger partial charge < -0.3 is 33.5 Å². The van der Waals surface area contributed by atoms with Gasteiger partial charge in [-0.05, 0) is 42.5 Å². The van der Waals surface area contributed by atoms with Gasteiger partial charge in [0.25, 0.3) is 0 Å². The minimum Gasteiger partial charge on any atom is -0.493 e. The zero-order valence-electron chi connectivity index (χ0n) is 18.3. The molecule has 2 aliphatic rings. The van der Waals surface area contributed by atoms with Crippen LogP contribution in [0.15, 0.2) is 12.1 Å². The van der Waals surface area contributed by atoms with Crippen molar-refractivity contribution in [2.75, 3.05) is 35.2 Å². The highest BCUT2D eigenvalue weighted by Crippen LogP contribution is 2.56. The molecular formula is C23H28O7. The Bertz CT molecular complexity index is 980. The Morgan fingerprint density at radius 2 is 1.57 bits per heavy atom. The quantitative estimate of drug-likeness (QED) is 0.816. The van der Waals surface area contributed by atoms with E-state index in [2.05, 4.69) is 0 Å². The molecule has 0 amide bonds. The van der Waals surface area contributed by atoms with Crippen molar-refractivity contribution in [2.45, 2.75) is 32.3 Å². The highest BCUT2D eigenvalue weighted by atomic mass is 16.7. The van der Waals surface area contributed by atoms with Gasteiger partial charge in [-0.15, -0.1) is 0 Å². The summed E-state index contributed by atoms with van der Waals surface area (Å²) < 4.78 is 34.2. The summed E-state index contributed by atoms with van der Waals surface area (Å²) in [6.45, 7) is 4.03. The van der Waals surface area contributed by atoms with Crippen LogP contribution in [0.2, 0.25) is 0 Å². The second-order valence-electron chi connectivity index (χ2n) is 8.00. The van der Waals surface area contributed by atoms with Crippen molar-refractivity contribution >= 4 is 0 Å². The molecule has 0 bridgehead atoms. The van der Waals surface area contributed by atoms with E-state index in [0.29, 0.717) is 47.3 Å². The van der Waals surface area contributed by atoms with E-state index in [1.54, 1.807) is 28.4 Å². The molecule has 0 saturated carbocycles. The van der Waals surface area contributed by atoms with Crippen molar-refractivity contribution in [3.63, 3.8) is 0 Å². The number of methoxy groups -OCH3 is 4. The summed E-state index contributed by atoms with van der Waals surface area (Å²) in [5.41, 5.74) is 2.57. The number of hydrogen-bond acceptors (Lipinski definition) is 7. The molecule has 2 aromatic carbocycles. The summed E-state index contributed by atoms with van der Waals surface area (Å²) in [7, 11) is 6.39. The van der Waals surface area contributed by atoms with Crippen molar-refractivity contribution in [1.29, 1.82) is 0 Å². The topological polar surface area (TPSA) is 75.6 Å². The first-order chi connectivity index (χ1) is 14.4. The largest absolute Gasteiger partial charge is 0.493 e. The lowest BCUT2D eigenvalue weighted by Gasteiger charge is -2.35. The molecule has 1 N–H and O–H groups in total. The van der Waals surface area contributed by atoms with Crippen LogP contribution in [0.5, 0.6) is 34.5 Å². The Labute approximate surface area is 176 Å². The molecule has 1 aliphatic carbocycles. The molecule has 7 heteroatoms. The summed E-state index contributed by atoms with van der Waals surface area (Å²) in [4.78, 5) is 0. The molecular weight excluding hydrogens is 388 g/mol. The maximum absolute atomic E-state index is 11.3. The molecule has 2 atom stereocenters. The summed E-state index contributed by atoms with van der Waals surface area (Å²) >= 11 is 0. The fraction of sp³-hybridized carbons (Fsp3) is 0.478. The van der Waals surface area contributed by atoms with E-state index in [-0.39, 0.29) is 12.7 Å². The number of benzene rings is 2. The van der Waals surface area contributed by atoms with E-state index < -0.39 is 5.60 Å². The molecule has 2 aromatic rings. The van der Waals surface area contributed by atoms with Gasteiger partial charge in [0.15, 0.2) is 23.0 Å². The van der Waals surface area contributed by atoms with E-state index in [9.17, 15) is 5.11 Å². The van der Waals surface area contributed by atoms with E-state index in [1.807, 2.05) is 26.0 Å². The van der Waals surface area contributed by atoms with E-state index in [4.69, 9.17) is 28.4 Å². The smallest absolute Gasteiger partial charge is 0.231 e. The summed E-state index contributed by atoms with van der Waals surface area (Å²) in [6.07, 6.45) is 1.05. The Kier molecular flexibility index (Phi) is 5.10. The molecule has 2 unspecified atom stereocenters. The molecule has 0 fully saturated rings. The first-order valence-corrected chi connectivity index (χ1v) is 9.90. The van der Waals surface area contributed by atoms with Gasteiger partial charge in [0.2, 0.25) is 18.3 Å². The van der Waals surface area contributed by atoms with Crippen LogP contribution in [0.3, 0.4) is 0 Å². The number of fused-ring (bicyclic) bond motifs is 4. The second kappa shape index (κ2) is 7.47. The normalized spacial score (nSPS) is 21.8. The van der Waals surface area contributed by atoms with Crippen LogP contribution in [0.4, 0.5) is 0 Å². The lowest BCUT2D eigenvalue weighted by molar-refractivity contribution is 0.00631. The van der Waals surface area contributed by atoms with E-state index in [1.165, 1.54) is 0 Å². The molecule has 1 heterocycles. The Morgan fingerprint density at radius 3 is 2.20 bits per heavy atom. The number of aliphatic hydroxyl groups is 1. The van der Waals surface area contributed by atoms with Crippen LogP contribution in [-0.2, 0) is 12.8 Å². The predicted octanol–water partition coefficient (Wildman–Crippen LogP) is 3.60. The van der Waals surface area contributed by atoms with Crippen LogP contribution >= 0.6 is 0 Å². The lowest BCUT2D eigenvalue weighted by atomic mass is 9.75. The third-order valence-electron chi connectivity index (χ3n) is 6.20. The number of hydrogen-bond donors (Lipinski definition) is 1. The third-order valence-corrected chi connectivity index (χ3v) is 6.20. The van der Waals surface area contributed by atoms with Gasteiger partial charge in [-0.3, -0.25) is 0 Å². The minimum atomic E-state index is -0.939. The van der Waals surface area contributed by atoms with Crippen molar-refractivity contribution in [1.82, 2.24) is 0 Å². The second-order valence-corrected chi connectivity index (χ2v) is 8.00. The monoisotopic (exact) mass is 416 g/mol. The van der Waals surface area contributed by atoms with E-state index in [0.717, 1.165) is 22.3 Å². The average molecular weight is 416 g/mol. The van der Waals surface area contributed by atoms with Crippen LogP contribution < -0.4 is 28.4 Å². The Hall–Kier alpha value is -2.80. The molecule has 0 saturated heterocycles. The standard InChI is InChI=1S/C23H28O7/c1-12-7-13-8-15(25-3)19(26-4)21(27-5)17(13)18-14(10-23(12,2)24)9-16-20(22(18)28-6)30-11-29-16/h8-9,12,24H,7,10-11H2,1-6H3. The summed E-state index contributed by atoms with van der Waals surface area (Å²) in [5, 5.41) is 11.3. The predicted molar refractivity (Wildman–Crippen MR) is 111 cm³/mol. The van der Waals surface area contributed by atoms with Crippen molar-refractivity contribution < 1.29 is 33.5 Å². The van der Waals surface area contributed by atoms with Gasteiger partial charge >= 0.3 is 0 Å². The fourth-order valence-electron chi connectivity index (χ4n) is 4.42. The average Bonchev–Trinajstić information content (AvgIpc) is 3.19. The van der Waals surface area contributed by atoms with Gasteiger partial charge in [0, 0.05) is 17.5 Å². The molecule has 1 aliphatic heterocycles. The van der Waals surface area contributed by atoms with Crippen molar-refractivity contribution in [3.8, 4) is 45.6 Å². The van der Waals surface area contributed by atoms with Crippen molar-refractivity contribution in [2.24, 2.45) is 5.92 Å².